The zero-order chi connectivity index (χ0) is 10.8. The van der Waals surface area contributed by atoms with Crippen molar-refractivity contribution in [2.75, 3.05) is 0 Å². The summed E-state index contributed by atoms with van der Waals surface area (Å²) in [5, 5.41) is 1.25. The van der Waals surface area contributed by atoms with Gasteiger partial charge in [0, 0.05) is 11.1 Å². The van der Waals surface area contributed by atoms with Gasteiger partial charge in [-0.1, -0.05) is 49.9 Å². The second kappa shape index (κ2) is 4.25. The molecule has 0 radical (unpaired) electrons. The third-order valence-corrected chi connectivity index (χ3v) is 3.63. The number of para-hydroxylation sites is 1. The zero-order valence-electron chi connectivity index (χ0n) is 9.52. The van der Waals surface area contributed by atoms with Crippen LogP contribution in [0.2, 0.25) is 0 Å². The molecule has 0 aliphatic heterocycles. The summed E-state index contributed by atoms with van der Waals surface area (Å²) in [6, 6.07) is 12.8. The van der Waals surface area contributed by atoms with Crippen LogP contribution in [0.15, 0.2) is 36.4 Å². The maximum atomic E-state index is 4.74. The molecule has 1 aliphatic rings. The Morgan fingerprint density at radius 2 is 1.81 bits per heavy atom. The summed E-state index contributed by atoms with van der Waals surface area (Å²) in [7, 11) is 0. The Morgan fingerprint density at radius 1 is 1.00 bits per heavy atom. The molecule has 1 aliphatic carbocycles. The van der Waals surface area contributed by atoms with E-state index in [0.29, 0.717) is 0 Å². The first-order valence-corrected chi connectivity index (χ1v) is 6.26. The van der Waals surface area contributed by atoms with E-state index in [1.807, 2.05) is 0 Å². The van der Waals surface area contributed by atoms with Crippen LogP contribution in [0.5, 0.6) is 0 Å². The molecule has 16 heavy (non-hydrogen) atoms. The standard InChI is InChI=1S/C15H17N/c1-2-6-12(5-1)11-14-10-9-13-7-3-4-8-15(13)16-14/h3-4,7-10,12H,1-2,5-6,11H2. The van der Waals surface area contributed by atoms with Crippen molar-refractivity contribution in [3.63, 3.8) is 0 Å². The second-order valence-corrected chi connectivity index (χ2v) is 4.85. The molecule has 0 atom stereocenters. The Hall–Kier alpha value is -1.37. The van der Waals surface area contributed by atoms with E-state index in [-0.39, 0.29) is 0 Å². The van der Waals surface area contributed by atoms with Gasteiger partial charge in [-0.3, -0.25) is 4.98 Å². The van der Waals surface area contributed by atoms with Gasteiger partial charge in [0.25, 0.3) is 0 Å². The Bertz CT molecular complexity index is 484. The number of hydrogen-bond donors (Lipinski definition) is 0. The Labute approximate surface area is 96.5 Å². The van der Waals surface area contributed by atoms with Gasteiger partial charge in [0.1, 0.15) is 0 Å². The monoisotopic (exact) mass is 211 g/mol. The van der Waals surface area contributed by atoms with Crippen molar-refractivity contribution in [2.45, 2.75) is 32.1 Å². The van der Waals surface area contributed by atoms with Crippen molar-refractivity contribution in [1.29, 1.82) is 0 Å². The van der Waals surface area contributed by atoms with Gasteiger partial charge < -0.3 is 0 Å². The molecule has 3 rings (SSSR count). The zero-order valence-corrected chi connectivity index (χ0v) is 9.52. The summed E-state index contributed by atoms with van der Waals surface area (Å²) in [6.07, 6.45) is 6.80. The van der Waals surface area contributed by atoms with Gasteiger partial charge >= 0.3 is 0 Å². The summed E-state index contributed by atoms with van der Waals surface area (Å²) < 4.78 is 0. The fraction of sp³-hybridized carbons (Fsp3) is 0.400. The quantitative estimate of drug-likeness (QED) is 0.732. The molecule has 0 unspecified atom stereocenters. The predicted octanol–water partition coefficient (Wildman–Crippen LogP) is 3.97. The van der Waals surface area contributed by atoms with Gasteiger partial charge in [0.15, 0.2) is 0 Å². The average Bonchev–Trinajstić information content (AvgIpc) is 2.82. The Balaban J connectivity index is 1.86. The largest absolute Gasteiger partial charge is 0.253 e. The molecule has 2 aromatic rings. The Kier molecular flexibility index (Phi) is 2.61. The minimum absolute atomic E-state index is 0.883. The van der Waals surface area contributed by atoms with E-state index in [9.17, 15) is 0 Å². The number of nitrogens with zero attached hydrogens (tertiary/aromatic N) is 1. The molecule has 0 spiro atoms. The average molecular weight is 211 g/mol. The van der Waals surface area contributed by atoms with Crippen LogP contribution in [0, 0.1) is 5.92 Å². The topological polar surface area (TPSA) is 12.9 Å². The fourth-order valence-electron chi connectivity index (χ4n) is 2.73. The van der Waals surface area contributed by atoms with E-state index in [4.69, 9.17) is 4.98 Å². The van der Waals surface area contributed by atoms with E-state index in [1.54, 1.807) is 0 Å². The SMILES string of the molecule is c1ccc2nc(CC3CCCC3)ccc2c1. The molecular formula is C15H17N. The first-order valence-electron chi connectivity index (χ1n) is 6.26. The van der Waals surface area contributed by atoms with Gasteiger partial charge in [0.2, 0.25) is 0 Å². The van der Waals surface area contributed by atoms with E-state index in [2.05, 4.69) is 36.4 Å². The van der Waals surface area contributed by atoms with Gasteiger partial charge in [-0.05, 0) is 24.5 Å². The number of benzene rings is 1. The molecule has 82 valence electrons. The molecule has 0 amide bonds. The molecule has 1 aromatic heterocycles. The third kappa shape index (κ3) is 1.95. The summed E-state index contributed by atoms with van der Waals surface area (Å²) in [4.78, 5) is 4.74. The van der Waals surface area contributed by atoms with Crippen LogP contribution < -0.4 is 0 Å². The van der Waals surface area contributed by atoms with Gasteiger partial charge in [-0.15, -0.1) is 0 Å². The highest BCUT2D eigenvalue weighted by Crippen LogP contribution is 2.27. The fourth-order valence-corrected chi connectivity index (χ4v) is 2.73. The molecule has 1 aromatic carbocycles. The van der Waals surface area contributed by atoms with Crippen LogP contribution in [0.25, 0.3) is 10.9 Å². The van der Waals surface area contributed by atoms with E-state index >= 15 is 0 Å². The molecule has 1 heteroatoms. The molecule has 1 heterocycles. The van der Waals surface area contributed by atoms with Crippen LogP contribution in [-0.2, 0) is 6.42 Å². The molecule has 1 nitrogen and oxygen atoms in total. The van der Waals surface area contributed by atoms with Crippen LogP contribution in [0.1, 0.15) is 31.4 Å². The molecule has 0 saturated heterocycles. The highest BCUT2D eigenvalue weighted by atomic mass is 14.7. The third-order valence-electron chi connectivity index (χ3n) is 3.63. The summed E-state index contributed by atoms with van der Waals surface area (Å²) in [5.41, 5.74) is 2.41. The lowest BCUT2D eigenvalue weighted by Gasteiger charge is -2.08. The van der Waals surface area contributed by atoms with Crippen molar-refractivity contribution < 1.29 is 0 Å². The highest BCUT2D eigenvalue weighted by molar-refractivity contribution is 5.78. The van der Waals surface area contributed by atoms with Crippen molar-refractivity contribution in [1.82, 2.24) is 4.98 Å². The summed E-state index contributed by atoms with van der Waals surface area (Å²) in [6.45, 7) is 0. The minimum Gasteiger partial charge on any atom is -0.253 e. The van der Waals surface area contributed by atoms with Crippen molar-refractivity contribution in [2.24, 2.45) is 5.92 Å². The summed E-state index contributed by atoms with van der Waals surface area (Å²) in [5.74, 6) is 0.883. The number of aromatic nitrogens is 1. The summed E-state index contributed by atoms with van der Waals surface area (Å²) >= 11 is 0. The molecular weight excluding hydrogens is 194 g/mol. The highest BCUT2D eigenvalue weighted by Gasteiger charge is 2.15. The lowest BCUT2D eigenvalue weighted by Crippen LogP contribution is -2.00. The maximum Gasteiger partial charge on any atom is 0.0705 e. The lowest BCUT2D eigenvalue weighted by atomic mass is 10.0. The van der Waals surface area contributed by atoms with Crippen molar-refractivity contribution in [3.8, 4) is 0 Å². The van der Waals surface area contributed by atoms with Gasteiger partial charge in [0.05, 0.1) is 5.52 Å². The van der Waals surface area contributed by atoms with Crippen LogP contribution in [0.4, 0.5) is 0 Å². The second-order valence-electron chi connectivity index (χ2n) is 4.85. The number of rotatable bonds is 2. The molecule has 0 bridgehead atoms. The normalized spacial score (nSPS) is 17.0. The smallest absolute Gasteiger partial charge is 0.0705 e. The maximum absolute atomic E-state index is 4.74. The van der Waals surface area contributed by atoms with E-state index in [0.717, 1.165) is 11.4 Å². The molecule has 1 saturated carbocycles. The lowest BCUT2D eigenvalue weighted by molar-refractivity contribution is 0.540. The van der Waals surface area contributed by atoms with E-state index < -0.39 is 0 Å². The van der Waals surface area contributed by atoms with Crippen molar-refractivity contribution in [3.05, 3.63) is 42.1 Å². The van der Waals surface area contributed by atoms with Crippen LogP contribution >= 0.6 is 0 Å². The number of fused-ring (bicyclic) bond motifs is 1. The first-order chi connectivity index (χ1) is 7.92. The Morgan fingerprint density at radius 3 is 2.69 bits per heavy atom. The van der Waals surface area contributed by atoms with Crippen molar-refractivity contribution >= 4 is 10.9 Å². The van der Waals surface area contributed by atoms with Gasteiger partial charge in [-0.2, -0.15) is 0 Å². The van der Waals surface area contributed by atoms with E-state index in [1.165, 1.54) is 43.2 Å². The number of pyridine rings is 1. The molecule has 0 N–H and O–H groups in total. The van der Waals surface area contributed by atoms with Crippen LogP contribution in [0.3, 0.4) is 0 Å². The molecule has 1 fully saturated rings. The minimum atomic E-state index is 0.883. The number of hydrogen-bond acceptors (Lipinski definition) is 1. The first kappa shape index (κ1) is 9.83. The predicted molar refractivity (Wildman–Crippen MR) is 67.4 cm³/mol. The van der Waals surface area contributed by atoms with Crippen LogP contribution in [-0.4, -0.2) is 4.98 Å². The van der Waals surface area contributed by atoms with Gasteiger partial charge in [-0.25, -0.2) is 0 Å².